The van der Waals surface area contributed by atoms with Gasteiger partial charge >= 0.3 is 6.36 Å². The normalized spacial score (nSPS) is 17.4. The van der Waals surface area contributed by atoms with E-state index in [-0.39, 0.29) is 17.1 Å². The van der Waals surface area contributed by atoms with Gasteiger partial charge in [0.2, 0.25) is 0 Å². The number of hydrogen-bond acceptors (Lipinski definition) is 2. The van der Waals surface area contributed by atoms with Gasteiger partial charge in [-0.05, 0) is 84.7 Å². The molecule has 1 aliphatic rings. The lowest BCUT2D eigenvalue weighted by Crippen LogP contribution is -2.21. The Bertz CT molecular complexity index is 1030. The van der Waals surface area contributed by atoms with E-state index in [9.17, 15) is 18.0 Å². The summed E-state index contributed by atoms with van der Waals surface area (Å²) < 4.78 is 40.6. The van der Waals surface area contributed by atoms with Crippen molar-refractivity contribution in [3.63, 3.8) is 0 Å². The first-order valence-electron chi connectivity index (χ1n) is 10.7. The molecular weight excluding hydrogens is 415 g/mol. The molecule has 0 unspecified atom stereocenters. The molecule has 1 aliphatic carbocycles. The number of amides is 1. The molecule has 2 aromatic rings. The number of ether oxygens (including phenoxy) is 1. The number of hydrogen-bond donors (Lipinski definition) is 1. The second-order valence-corrected chi connectivity index (χ2v) is 8.66. The van der Waals surface area contributed by atoms with Gasteiger partial charge in [-0.25, -0.2) is 0 Å². The molecule has 0 fully saturated rings. The summed E-state index contributed by atoms with van der Waals surface area (Å²) in [5.74, 6) is -0.674. The topological polar surface area (TPSA) is 38.3 Å². The highest BCUT2D eigenvalue weighted by atomic mass is 19.4. The number of rotatable bonds is 5. The van der Waals surface area contributed by atoms with Crippen molar-refractivity contribution < 1.29 is 22.7 Å². The van der Waals surface area contributed by atoms with Crippen molar-refractivity contribution in [1.29, 1.82) is 0 Å². The van der Waals surface area contributed by atoms with Crippen LogP contribution in [-0.2, 0) is 0 Å². The largest absolute Gasteiger partial charge is 0.573 e. The fourth-order valence-electron chi connectivity index (χ4n) is 4.29. The number of benzene rings is 2. The fourth-order valence-corrected chi connectivity index (χ4v) is 4.29. The molecular formula is C26H28F3NO2. The molecule has 2 aromatic carbocycles. The molecule has 0 saturated heterocycles. The molecule has 170 valence electrons. The highest BCUT2D eigenvalue weighted by Crippen LogP contribution is 2.44. The quantitative estimate of drug-likeness (QED) is 0.513. The maximum Gasteiger partial charge on any atom is 0.573 e. The van der Waals surface area contributed by atoms with Crippen molar-refractivity contribution in [3.05, 3.63) is 76.4 Å². The van der Waals surface area contributed by atoms with E-state index in [4.69, 9.17) is 0 Å². The molecule has 32 heavy (non-hydrogen) atoms. The number of halogens is 3. The average molecular weight is 444 g/mol. The Balaban J connectivity index is 1.69. The van der Waals surface area contributed by atoms with E-state index < -0.39 is 6.36 Å². The van der Waals surface area contributed by atoms with E-state index >= 15 is 0 Å². The monoisotopic (exact) mass is 443 g/mol. The van der Waals surface area contributed by atoms with Gasteiger partial charge in [0.05, 0.1) is 0 Å². The van der Waals surface area contributed by atoms with Gasteiger partial charge in [-0.15, -0.1) is 13.2 Å². The van der Waals surface area contributed by atoms with Crippen molar-refractivity contribution in [1.82, 2.24) is 0 Å². The van der Waals surface area contributed by atoms with E-state index in [1.165, 1.54) is 28.9 Å². The molecule has 6 heteroatoms. The highest BCUT2D eigenvalue weighted by Gasteiger charge is 2.31. The standard InChI is InChI=1S/C26H28F3NO2/c1-5-23-17(2)20(14-15-25(23,3)4)16-18-6-8-19(9-7-18)24(31)30-21-10-12-22(13-11-21)32-26(27,28)29/h6-13,16H,5,14-15H2,1-4H3,(H,30,31)/b20-16+. The van der Waals surface area contributed by atoms with Gasteiger partial charge in [0.25, 0.3) is 5.91 Å². The molecule has 0 saturated carbocycles. The van der Waals surface area contributed by atoms with E-state index in [1.807, 2.05) is 12.1 Å². The Morgan fingerprint density at radius 3 is 2.28 bits per heavy atom. The molecule has 3 nitrogen and oxygen atoms in total. The van der Waals surface area contributed by atoms with Crippen LogP contribution in [0.4, 0.5) is 18.9 Å². The first-order valence-corrected chi connectivity index (χ1v) is 10.7. The lowest BCUT2D eigenvalue weighted by atomic mass is 9.70. The summed E-state index contributed by atoms with van der Waals surface area (Å²) in [4.78, 5) is 12.5. The highest BCUT2D eigenvalue weighted by molar-refractivity contribution is 6.04. The Labute approximate surface area is 187 Å². The van der Waals surface area contributed by atoms with Gasteiger partial charge in [-0.3, -0.25) is 4.79 Å². The van der Waals surface area contributed by atoms with Crippen LogP contribution in [-0.4, -0.2) is 12.3 Å². The predicted octanol–water partition coefficient (Wildman–Crippen LogP) is 7.77. The number of carbonyl (C=O) groups is 1. The van der Waals surface area contributed by atoms with Gasteiger partial charge in [0, 0.05) is 11.3 Å². The molecule has 0 spiro atoms. The summed E-state index contributed by atoms with van der Waals surface area (Å²) in [5, 5.41) is 2.68. The van der Waals surface area contributed by atoms with Crippen molar-refractivity contribution >= 4 is 17.7 Å². The Kier molecular flexibility index (Phi) is 6.82. The van der Waals surface area contributed by atoms with Crippen molar-refractivity contribution in [3.8, 4) is 5.75 Å². The van der Waals surface area contributed by atoms with Crippen LogP contribution in [0.5, 0.6) is 5.75 Å². The smallest absolute Gasteiger partial charge is 0.406 e. The van der Waals surface area contributed by atoms with E-state index in [2.05, 4.69) is 43.8 Å². The summed E-state index contributed by atoms with van der Waals surface area (Å²) in [7, 11) is 0. The zero-order valence-corrected chi connectivity index (χ0v) is 18.8. The summed E-state index contributed by atoms with van der Waals surface area (Å²) >= 11 is 0. The minimum atomic E-state index is -4.75. The first kappa shape index (κ1) is 23.6. The third kappa shape index (κ3) is 5.81. The number of carbonyl (C=O) groups excluding carboxylic acids is 1. The number of anilines is 1. The number of alkyl halides is 3. The van der Waals surface area contributed by atoms with Crippen molar-refractivity contribution in [2.75, 3.05) is 5.32 Å². The van der Waals surface area contributed by atoms with Crippen LogP contribution in [0.3, 0.4) is 0 Å². The maximum atomic E-state index is 12.5. The van der Waals surface area contributed by atoms with E-state index in [0.29, 0.717) is 11.3 Å². The van der Waals surface area contributed by atoms with Gasteiger partial charge in [0.1, 0.15) is 5.75 Å². The van der Waals surface area contributed by atoms with Crippen LogP contribution in [0, 0.1) is 5.41 Å². The minimum absolute atomic E-state index is 0.231. The second-order valence-electron chi connectivity index (χ2n) is 8.66. The SMILES string of the molecule is CCC1=C(C)/C(=C/c2ccc(C(=O)Nc3ccc(OC(F)(F)F)cc3)cc2)CCC1(C)C. The predicted molar refractivity (Wildman–Crippen MR) is 122 cm³/mol. The minimum Gasteiger partial charge on any atom is -0.406 e. The molecule has 0 aliphatic heterocycles. The third-order valence-corrected chi connectivity index (χ3v) is 5.98. The summed E-state index contributed by atoms with van der Waals surface area (Å²) in [6.07, 6.45) is 0.618. The van der Waals surface area contributed by atoms with Crippen LogP contribution >= 0.6 is 0 Å². The molecule has 1 amide bonds. The van der Waals surface area contributed by atoms with Crippen molar-refractivity contribution in [2.24, 2.45) is 5.41 Å². The molecule has 1 N–H and O–H groups in total. The molecule has 3 rings (SSSR count). The second kappa shape index (κ2) is 9.23. The van der Waals surface area contributed by atoms with Gasteiger partial charge in [0.15, 0.2) is 0 Å². The lowest BCUT2D eigenvalue weighted by Gasteiger charge is -2.35. The molecule has 0 bridgehead atoms. The van der Waals surface area contributed by atoms with Crippen molar-refractivity contribution in [2.45, 2.75) is 53.3 Å². The van der Waals surface area contributed by atoms with Crippen LogP contribution in [0.15, 0.2) is 65.3 Å². The summed E-state index contributed by atoms with van der Waals surface area (Å²) in [6, 6.07) is 12.3. The number of nitrogens with one attached hydrogen (secondary N) is 1. The Hall–Kier alpha value is -3.02. The molecule has 0 heterocycles. The first-order chi connectivity index (χ1) is 15.0. The summed E-state index contributed by atoms with van der Waals surface area (Å²) in [6.45, 7) is 9.00. The van der Waals surface area contributed by atoms with Crippen LogP contribution in [0.1, 0.15) is 62.9 Å². The van der Waals surface area contributed by atoms with E-state index in [0.717, 1.165) is 37.0 Å². The molecule has 0 atom stereocenters. The molecule has 0 radical (unpaired) electrons. The Morgan fingerprint density at radius 2 is 1.72 bits per heavy atom. The molecule has 0 aromatic heterocycles. The van der Waals surface area contributed by atoms with E-state index in [1.54, 1.807) is 12.1 Å². The van der Waals surface area contributed by atoms with Gasteiger partial charge < -0.3 is 10.1 Å². The number of allylic oxidation sites excluding steroid dienone is 3. The lowest BCUT2D eigenvalue weighted by molar-refractivity contribution is -0.274. The van der Waals surface area contributed by atoms with Crippen LogP contribution in [0.2, 0.25) is 0 Å². The summed E-state index contributed by atoms with van der Waals surface area (Å²) in [5.41, 5.74) is 6.30. The Morgan fingerprint density at radius 1 is 1.09 bits per heavy atom. The zero-order chi connectivity index (χ0) is 23.5. The third-order valence-electron chi connectivity index (χ3n) is 5.98. The maximum absolute atomic E-state index is 12.5. The zero-order valence-electron chi connectivity index (χ0n) is 18.8. The van der Waals surface area contributed by atoms with Crippen LogP contribution < -0.4 is 10.1 Å². The van der Waals surface area contributed by atoms with Gasteiger partial charge in [-0.1, -0.05) is 44.6 Å². The fraction of sp³-hybridized carbons (Fsp3) is 0.346. The van der Waals surface area contributed by atoms with Crippen LogP contribution in [0.25, 0.3) is 6.08 Å². The van der Waals surface area contributed by atoms with Gasteiger partial charge in [-0.2, -0.15) is 0 Å². The average Bonchev–Trinajstić information content (AvgIpc) is 2.71.